The second-order valence-electron chi connectivity index (χ2n) is 6.07. The highest BCUT2D eigenvalue weighted by molar-refractivity contribution is 5.82. The molecule has 9 heteroatoms. The summed E-state index contributed by atoms with van der Waals surface area (Å²) >= 11 is 0. The van der Waals surface area contributed by atoms with Crippen LogP contribution in [0, 0.1) is 0 Å². The molecule has 1 amide bonds. The molecule has 2 unspecified atom stereocenters. The molecule has 1 aromatic carbocycles. The molecule has 0 saturated carbocycles. The van der Waals surface area contributed by atoms with Gasteiger partial charge in [-0.3, -0.25) is 9.36 Å². The van der Waals surface area contributed by atoms with Crippen LogP contribution in [0.25, 0.3) is 5.69 Å². The Kier molecular flexibility index (Phi) is 3.35. The minimum Gasteiger partial charge on any atom is -0.494 e. The number of alkyl halides is 3. The van der Waals surface area contributed by atoms with Gasteiger partial charge in [-0.1, -0.05) is 24.3 Å². The Labute approximate surface area is 145 Å². The number of carbonyl (C=O) groups excluding carboxylic acids is 1. The lowest BCUT2D eigenvalue weighted by Gasteiger charge is -2.24. The van der Waals surface area contributed by atoms with Crippen LogP contribution in [0.4, 0.5) is 13.2 Å². The molecule has 2 aliphatic heterocycles. The third-order valence-electron chi connectivity index (χ3n) is 4.53. The summed E-state index contributed by atoms with van der Waals surface area (Å²) < 4.78 is 44.2. The highest BCUT2D eigenvalue weighted by atomic mass is 19.4. The molecule has 3 heterocycles. The van der Waals surface area contributed by atoms with Crippen molar-refractivity contribution < 1.29 is 32.9 Å². The molecule has 2 aromatic rings. The molecule has 136 valence electrons. The summed E-state index contributed by atoms with van der Waals surface area (Å²) in [6.45, 7) is -0.531. The first-order chi connectivity index (χ1) is 12.2. The SMILES string of the molecule is O=C(NCC12C=CC(O1)c1c2c(O)n(-c2ccccc2)c1O)C(F)(F)F. The molecule has 6 nitrogen and oxygen atoms in total. The molecule has 0 fully saturated rings. The first kappa shape index (κ1) is 16.5. The number of benzene rings is 1. The van der Waals surface area contributed by atoms with E-state index in [0.717, 1.165) is 0 Å². The standard InChI is InChI=1S/C17H13F3N2O4/c18-17(19,20)15(25)21-8-16-7-6-10(26-16)11-12(16)14(24)22(13(11)23)9-4-2-1-3-5-9/h1-7,10,23-24H,8H2,(H,21,25). The Balaban J connectivity index is 1.75. The van der Waals surface area contributed by atoms with Crippen molar-refractivity contribution in [3.05, 3.63) is 53.6 Å². The summed E-state index contributed by atoms with van der Waals surface area (Å²) in [5.41, 5.74) is -0.572. The second kappa shape index (κ2) is 5.28. The van der Waals surface area contributed by atoms with Gasteiger partial charge >= 0.3 is 12.1 Å². The molecule has 2 bridgehead atoms. The maximum absolute atomic E-state index is 12.5. The molecule has 4 rings (SSSR count). The molecule has 26 heavy (non-hydrogen) atoms. The Bertz CT molecular complexity index is 920. The second-order valence-corrected chi connectivity index (χ2v) is 6.07. The first-order valence-electron chi connectivity index (χ1n) is 7.69. The number of rotatable bonds is 3. The number of nitrogens with zero attached hydrogens (tertiary/aromatic N) is 1. The minimum atomic E-state index is -5.03. The van der Waals surface area contributed by atoms with Crippen LogP contribution in [0.3, 0.4) is 0 Å². The van der Waals surface area contributed by atoms with Crippen LogP contribution in [-0.4, -0.2) is 33.4 Å². The third-order valence-corrected chi connectivity index (χ3v) is 4.53. The molecule has 0 saturated heterocycles. The lowest BCUT2D eigenvalue weighted by molar-refractivity contribution is -0.174. The van der Waals surface area contributed by atoms with Gasteiger partial charge in [0.2, 0.25) is 11.8 Å². The van der Waals surface area contributed by atoms with Crippen LogP contribution in [-0.2, 0) is 15.1 Å². The van der Waals surface area contributed by atoms with Gasteiger partial charge in [0.15, 0.2) is 0 Å². The van der Waals surface area contributed by atoms with E-state index in [1.165, 1.54) is 10.6 Å². The average molecular weight is 366 g/mol. The quantitative estimate of drug-likeness (QED) is 0.729. The fraction of sp³-hybridized carbons (Fsp3) is 0.235. The van der Waals surface area contributed by atoms with Gasteiger partial charge in [0, 0.05) is 0 Å². The van der Waals surface area contributed by atoms with Crippen LogP contribution in [0.2, 0.25) is 0 Å². The third kappa shape index (κ3) is 2.20. The van der Waals surface area contributed by atoms with Crippen molar-refractivity contribution in [2.45, 2.75) is 17.9 Å². The Morgan fingerprint density at radius 1 is 1.23 bits per heavy atom. The van der Waals surface area contributed by atoms with Crippen molar-refractivity contribution in [2.24, 2.45) is 0 Å². The number of hydrogen-bond acceptors (Lipinski definition) is 4. The minimum absolute atomic E-state index is 0.147. The first-order valence-corrected chi connectivity index (χ1v) is 7.69. The van der Waals surface area contributed by atoms with Crippen molar-refractivity contribution in [1.29, 1.82) is 0 Å². The number of nitrogens with one attached hydrogen (secondary N) is 1. The molecule has 1 aromatic heterocycles. The molecule has 0 radical (unpaired) electrons. The largest absolute Gasteiger partial charge is 0.494 e. The Morgan fingerprint density at radius 3 is 2.58 bits per heavy atom. The van der Waals surface area contributed by atoms with E-state index < -0.39 is 30.3 Å². The number of halogens is 3. The average Bonchev–Trinajstić information content (AvgIpc) is 3.23. The fourth-order valence-electron chi connectivity index (χ4n) is 3.42. The van der Waals surface area contributed by atoms with Crippen molar-refractivity contribution in [1.82, 2.24) is 9.88 Å². The zero-order valence-electron chi connectivity index (χ0n) is 13.1. The number of para-hydroxylation sites is 1. The highest BCUT2D eigenvalue weighted by Crippen LogP contribution is 2.58. The van der Waals surface area contributed by atoms with Crippen LogP contribution >= 0.6 is 0 Å². The summed E-state index contributed by atoms with van der Waals surface area (Å²) in [6, 6.07) is 8.49. The molecular weight excluding hydrogens is 353 g/mol. The van der Waals surface area contributed by atoms with Gasteiger partial charge in [-0.2, -0.15) is 13.2 Å². The Hall–Kier alpha value is -2.94. The zero-order chi connectivity index (χ0) is 18.7. The smallest absolute Gasteiger partial charge is 0.471 e. The van der Waals surface area contributed by atoms with E-state index in [9.17, 15) is 28.2 Å². The van der Waals surface area contributed by atoms with Gasteiger partial charge in [0.25, 0.3) is 0 Å². The molecule has 2 atom stereocenters. The molecule has 0 spiro atoms. The number of ether oxygens (including phenoxy) is 1. The maximum atomic E-state index is 12.5. The topological polar surface area (TPSA) is 83.7 Å². The van der Waals surface area contributed by atoms with Gasteiger partial charge in [0.1, 0.15) is 11.7 Å². The molecule has 2 aliphatic rings. The maximum Gasteiger partial charge on any atom is 0.471 e. The van der Waals surface area contributed by atoms with Gasteiger partial charge in [-0.05, 0) is 18.2 Å². The van der Waals surface area contributed by atoms with Gasteiger partial charge in [0.05, 0.1) is 23.4 Å². The van der Waals surface area contributed by atoms with Crippen molar-refractivity contribution in [3.63, 3.8) is 0 Å². The van der Waals surface area contributed by atoms with Gasteiger partial charge in [-0.25, -0.2) is 0 Å². The molecular formula is C17H13F3N2O4. The van der Waals surface area contributed by atoms with E-state index in [4.69, 9.17) is 4.74 Å². The Morgan fingerprint density at radius 2 is 1.92 bits per heavy atom. The molecule has 0 aliphatic carbocycles. The fourth-order valence-corrected chi connectivity index (χ4v) is 3.42. The predicted molar refractivity (Wildman–Crippen MR) is 82.8 cm³/mol. The monoisotopic (exact) mass is 366 g/mol. The van der Waals surface area contributed by atoms with E-state index in [0.29, 0.717) is 5.69 Å². The number of aromatic hydroxyl groups is 2. The lowest BCUT2D eigenvalue weighted by atomic mass is 9.89. The number of aromatic nitrogens is 1. The normalized spacial score (nSPS) is 23.3. The van der Waals surface area contributed by atoms with E-state index in [-0.39, 0.29) is 22.9 Å². The van der Waals surface area contributed by atoms with Crippen molar-refractivity contribution in [2.75, 3.05) is 6.54 Å². The van der Waals surface area contributed by atoms with Crippen LogP contribution in [0.15, 0.2) is 42.5 Å². The number of hydrogen-bond donors (Lipinski definition) is 3. The zero-order valence-corrected chi connectivity index (χ0v) is 13.1. The van der Waals surface area contributed by atoms with E-state index in [1.807, 2.05) is 0 Å². The number of carbonyl (C=O) groups is 1. The van der Waals surface area contributed by atoms with Gasteiger partial charge in [-0.15, -0.1) is 0 Å². The number of fused-ring (bicyclic) bond motifs is 5. The highest BCUT2D eigenvalue weighted by Gasteiger charge is 2.53. The number of amides is 1. The van der Waals surface area contributed by atoms with E-state index in [2.05, 4.69) is 0 Å². The summed E-state index contributed by atoms with van der Waals surface area (Å²) in [5.74, 6) is -2.72. The van der Waals surface area contributed by atoms with E-state index >= 15 is 0 Å². The van der Waals surface area contributed by atoms with E-state index in [1.54, 1.807) is 41.7 Å². The summed E-state index contributed by atoms with van der Waals surface area (Å²) in [7, 11) is 0. The lowest BCUT2D eigenvalue weighted by Crippen LogP contribution is -2.44. The summed E-state index contributed by atoms with van der Waals surface area (Å²) in [4.78, 5) is 11.2. The van der Waals surface area contributed by atoms with Crippen LogP contribution in [0.1, 0.15) is 17.2 Å². The summed E-state index contributed by atoms with van der Waals surface area (Å²) in [6.07, 6.45) is -2.70. The molecule has 3 N–H and O–H groups in total. The predicted octanol–water partition coefficient (Wildman–Crippen LogP) is 2.40. The van der Waals surface area contributed by atoms with Gasteiger partial charge < -0.3 is 20.3 Å². The van der Waals surface area contributed by atoms with Crippen molar-refractivity contribution >= 4 is 5.91 Å². The van der Waals surface area contributed by atoms with Crippen LogP contribution < -0.4 is 5.32 Å². The summed E-state index contributed by atoms with van der Waals surface area (Å²) in [5, 5.41) is 23.0. The van der Waals surface area contributed by atoms with Crippen LogP contribution in [0.5, 0.6) is 11.8 Å². The van der Waals surface area contributed by atoms with Crippen molar-refractivity contribution in [3.8, 4) is 17.4 Å².